The van der Waals surface area contributed by atoms with Gasteiger partial charge in [-0.05, 0) is 24.3 Å². The van der Waals surface area contributed by atoms with Crippen molar-refractivity contribution in [2.24, 2.45) is 0 Å². The normalized spacial score (nSPS) is 13.0. The first-order valence-electron chi connectivity index (χ1n) is 6.86. The van der Waals surface area contributed by atoms with Crippen molar-refractivity contribution < 1.29 is 5.11 Å². The molecule has 0 bridgehead atoms. The van der Waals surface area contributed by atoms with Gasteiger partial charge < -0.3 is 15.1 Å². The lowest BCUT2D eigenvalue weighted by Gasteiger charge is -2.04. The summed E-state index contributed by atoms with van der Waals surface area (Å²) in [5.74, 6) is 1.32. The smallest absolute Gasteiger partial charge is 0.136 e. The van der Waals surface area contributed by atoms with Crippen molar-refractivity contribution >= 4 is 22.1 Å². The summed E-state index contributed by atoms with van der Waals surface area (Å²) < 4.78 is 0. The molecule has 5 nitrogen and oxygen atoms in total. The van der Waals surface area contributed by atoms with Crippen LogP contribution in [0.3, 0.4) is 0 Å². The minimum atomic E-state index is -0.710. The van der Waals surface area contributed by atoms with Gasteiger partial charge in [-0.15, -0.1) is 0 Å². The average molecular weight is 278 g/mol. The summed E-state index contributed by atoms with van der Waals surface area (Å²) in [4.78, 5) is 15.3. The highest BCUT2D eigenvalue weighted by atomic mass is 16.3. The molecule has 2 aromatic heterocycles. The van der Waals surface area contributed by atoms with Gasteiger partial charge >= 0.3 is 0 Å². The third-order valence-corrected chi connectivity index (χ3v) is 3.55. The predicted molar refractivity (Wildman–Crippen MR) is 80.9 cm³/mol. The van der Waals surface area contributed by atoms with Crippen LogP contribution in [0.25, 0.3) is 22.1 Å². The van der Waals surface area contributed by atoms with Crippen molar-refractivity contribution in [3.63, 3.8) is 0 Å². The Bertz CT molecular complexity index is 843. The van der Waals surface area contributed by atoms with Crippen LogP contribution in [0, 0.1) is 0 Å². The van der Waals surface area contributed by atoms with Gasteiger partial charge in [-0.25, -0.2) is 9.97 Å². The number of fused-ring (bicyclic) bond motifs is 2. The van der Waals surface area contributed by atoms with E-state index in [1.54, 1.807) is 0 Å². The van der Waals surface area contributed by atoms with Gasteiger partial charge in [0.05, 0.1) is 22.1 Å². The van der Waals surface area contributed by atoms with E-state index in [4.69, 9.17) is 0 Å². The molecule has 0 fully saturated rings. The lowest BCUT2D eigenvalue weighted by molar-refractivity contribution is 0.167. The molecule has 0 aliphatic heterocycles. The van der Waals surface area contributed by atoms with Crippen molar-refractivity contribution in [1.29, 1.82) is 0 Å². The Kier molecular flexibility index (Phi) is 2.72. The van der Waals surface area contributed by atoms with Gasteiger partial charge in [0.2, 0.25) is 0 Å². The fourth-order valence-corrected chi connectivity index (χ4v) is 2.51. The van der Waals surface area contributed by atoms with E-state index in [0.717, 1.165) is 27.9 Å². The molecule has 0 aliphatic carbocycles. The number of H-pyrrole nitrogens is 2. The third-order valence-electron chi connectivity index (χ3n) is 3.55. The molecule has 0 aliphatic rings. The van der Waals surface area contributed by atoms with Gasteiger partial charge in [0, 0.05) is 6.42 Å². The fraction of sp³-hybridized carbons (Fsp3) is 0.125. The zero-order chi connectivity index (χ0) is 14.2. The first-order valence-corrected chi connectivity index (χ1v) is 6.86. The van der Waals surface area contributed by atoms with E-state index in [-0.39, 0.29) is 0 Å². The number of nitrogens with one attached hydrogen (secondary N) is 2. The fourth-order valence-electron chi connectivity index (χ4n) is 2.51. The molecule has 104 valence electrons. The van der Waals surface area contributed by atoms with Crippen LogP contribution in [0.4, 0.5) is 0 Å². The highest BCUT2D eigenvalue weighted by Crippen LogP contribution is 2.19. The minimum absolute atomic E-state index is 0.397. The van der Waals surface area contributed by atoms with Crippen LogP contribution in [-0.2, 0) is 6.42 Å². The van der Waals surface area contributed by atoms with E-state index in [0.29, 0.717) is 12.2 Å². The third kappa shape index (κ3) is 2.17. The molecule has 2 aromatic carbocycles. The lowest BCUT2D eigenvalue weighted by atomic mass is 10.2. The molecule has 1 atom stereocenters. The largest absolute Gasteiger partial charge is 0.385 e. The topological polar surface area (TPSA) is 77.6 Å². The number of benzene rings is 2. The van der Waals surface area contributed by atoms with Crippen molar-refractivity contribution in [3.05, 3.63) is 60.2 Å². The molecule has 1 unspecified atom stereocenters. The van der Waals surface area contributed by atoms with Gasteiger partial charge in [-0.1, -0.05) is 24.3 Å². The number of para-hydroxylation sites is 4. The molecule has 21 heavy (non-hydrogen) atoms. The van der Waals surface area contributed by atoms with Gasteiger partial charge in [-0.3, -0.25) is 0 Å². The summed E-state index contributed by atoms with van der Waals surface area (Å²) in [5, 5.41) is 10.3. The van der Waals surface area contributed by atoms with Crippen LogP contribution >= 0.6 is 0 Å². The Morgan fingerprint density at radius 2 is 1.48 bits per heavy atom. The summed E-state index contributed by atoms with van der Waals surface area (Å²) in [6.45, 7) is 0. The number of aromatic nitrogens is 4. The average Bonchev–Trinajstić information content (AvgIpc) is 3.10. The standard InChI is InChI=1S/C16H14N4O/c21-14(16-19-12-7-3-4-8-13(12)20-16)9-15-17-10-5-1-2-6-11(10)18-15/h1-8,14,21H,9H2,(H,17,18)(H,19,20). The second-order valence-electron chi connectivity index (χ2n) is 5.06. The molecule has 0 saturated carbocycles. The molecule has 0 saturated heterocycles. The summed E-state index contributed by atoms with van der Waals surface area (Å²) >= 11 is 0. The molecule has 0 spiro atoms. The lowest BCUT2D eigenvalue weighted by Crippen LogP contribution is -2.05. The van der Waals surface area contributed by atoms with Crippen molar-refractivity contribution in [2.75, 3.05) is 0 Å². The van der Waals surface area contributed by atoms with Crippen LogP contribution in [0.15, 0.2) is 48.5 Å². The first-order chi connectivity index (χ1) is 10.3. The highest BCUT2D eigenvalue weighted by Gasteiger charge is 2.15. The maximum Gasteiger partial charge on any atom is 0.136 e. The minimum Gasteiger partial charge on any atom is -0.385 e. The Hall–Kier alpha value is -2.66. The summed E-state index contributed by atoms with van der Waals surface area (Å²) in [6.07, 6.45) is -0.313. The number of hydrogen-bond donors (Lipinski definition) is 3. The summed E-state index contributed by atoms with van der Waals surface area (Å²) in [6, 6.07) is 15.6. The van der Waals surface area contributed by atoms with Gasteiger partial charge in [0.15, 0.2) is 0 Å². The van der Waals surface area contributed by atoms with Crippen LogP contribution in [0.5, 0.6) is 0 Å². The summed E-state index contributed by atoms with van der Waals surface area (Å²) in [5.41, 5.74) is 3.67. The molecule has 3 N–H and O–H groups in total. The highest BCUT2D eigenvalue weighted by molar-refractivity contribution is 5.75. The van der Waals surface area contributed by atoms with Crippen LogP contribution in [0.2, 0.25) is 0 Å². The van der Waals surface area contributed by atoms with E-state index >= 15 is 0 Å². The monoisotopic (exact) mass is 278 g/mol. The molecule has 4 rings (SSSR count). The number of aromatic amines is 2. The van der Waals surface area contributed by atoms with E-state index in [1.807, 2.05) is 48.5 Å². The number of rotatable bonds is 3. The number of aliphatic hydroxyl groups excluding tert-OH is 1. The van der Waals surface area contributed by atoms with Crippen LogP contribution in [-0.4, -0.2) is 25.0 Å². The first kappa shape index (κ1) is 12.1. The number of hydrogen-bond acceptors (Lipinski definition) is 3. The van der Waals surface area contributed by atoms with E-state index in [1.165, 1.54) is 0 Å². The van der Waals surface area contributed by atoms with E-state index < -0.39 is 6.10 Å². The molecule has 4 aromatic rings. The molecular formula is C16H14N4O. The van der Waals surface area contributed by atoms with E-state index in [9.17, 15) is 5.11 Å². The zero-order valence-corrected chi connectivity index (χ0v) is 11.2. The Balaban J connectivity index is 1.63. The maximum absolute atomic E-state index is 10.3. The van der Waals surface area contributed by atoms with Crippen molar-refractivity contribution in [1.82, 2.24) is 19.9 Å². The van der Waals surface area contributed by atoms with Crippen molar-refractivity contribution in [2.45, 2.75) is 12.5 Å². The van der Waals surface area contributed by atoms with Gasteiger partial charge in [0.25, 0.3) is 0 Å². The zero-order valence-electron chi connectivity index (χ0n) is 11.2. The van der Waals surface area contributed by atoms with E-state index in [2.05, 4.69) is 19.9 Å². The SMILES string of the molecule is OC(Cc1nc2ccccc2[nH]1)c1nc2ccccc2[nH]1. The van der Waals surface area contributed by atoms with Gasteiger partial charge in [-0.2, -0.15) is 0 Å². The van der Waals surface area contributed by atoms with Gasteiger partial charge in [0.1, 0.15) is 17.8 Å². The molecular weight excluding hydrogens is 264 g/mol. The van der Waals surface area contributed by atoms with Crippen molar-refractivity contribution in [3.8, 4) is 0 Å². The Morgan fingerprint density at radius 1 is 0.857 bits per heavy atom. The van der Waals surface area contributed by atoms with Crippen LogP contribution in [0.1, 0.15) is 17.8 Å². The summed E-state index contributed by atoms with van der Waals surface area (Å²) in [7, 11) is 0. The van der Waals surface area contributed by atoms with Crippen LogP contribution < -0.4 is 0 Å². The Morgan fingerprint density at radius 3 is 2.14 bits per heavy atom. The molecule has 2 heterocycles. The quantitative estimate of drug-likeness (QED) is 0.539. The number of nitrogens with zero attached hydrogens (tertiary/aromatic N) is 2. The molecule has 0 radical (unpaired) electrons. The molecule has 0 amide bonds. The number of aliphatic hydroxyl groups is 1. The molecule has 5 heteroatoms. The second kappa shape index (κ2) is 4.71. The Labute approximate surface area is 120 Å². The maximum atomic E-state index is 10.3. The second-order valence-corrected chi connectivity index (χ2v) is 5.06. The number of imidazole rings is 2. The predicted octanol–water partition coefficient (Wildman–Crippen LogP) is 2.72.